The highest BCUT2D eigenvalue weighted by Crippen LogP contribution is 2.22. The van der Waals surface area contributed by atoms with Crippen LogP contribution in [0.4, 0.5) is 10.1 Å². The van der Waals surface area contributed by atoms with Gasteiger partial charge in [0.1, 0.15) is 5.82 Å². The van der Waals surface area contributed by atoms with E-state index in [4.69, 9.17) is 5.11 Å². The zero-order valence-corrected chi connectivity index (χ0v) is 20.7. The second-order valence-electron chi connectivity index (χ2n) is 9.61. The average molecular weight is 444 g/mol. The number of amides is 1. The quantitative estimate of drug-likeness (QED) is 0.504. The molecule has 0 aliphatic rings. The van der Waals surface area contributed by atoms with E-state index in [2.05, 4.69) is 50.7 Å². The molecule has 0 atom stereocenters. The molecule has 4 nitrogen and oxygen atoms in total. The summed E-state index contributed by atoms with van der Waals surface area (Å²) in [6.07, 6.45) is 1.02. The number of benzene rings is 2. The van der Waals surface area contributed by atoms with E-state index in [0.29, 0.717) is 16.7 Å². The summed E-state index contributed by atoms with van der Waals surface area (Å²) in [6.45, 7) is 15.0. The Kier molecular flexibility index (Phi) is 6.88. The van der Waals surface area contributed by atoms with Gasteiger partial charge in [-0.05, 0) is 30.2 Å². The third-order valence-electron chi connectivity index (χ3n) is 4.94. The Labute approximate surface area is 179 Å². The van der Waals surface area contributed by atoms with Crippen molar-refractivity contribution in [1.29, 1.82) is 0 Å². The van der Waals surface area contributed by atoms with E-state index in [1.807, 2.05) is 12.1 Å². The van der Waals surface area contributed by atoms with E-state index in [0.717, 1.165) is 6.08 Å². The van der Waals surface area contributed by atoms with Crippen LogP contribution in [0.25, 0.3) is 5.57 Å². The van der Waals surface area contributed by atoms with Crippen LogP contribution in [0.1, 0.15) is 22.8 Å². The summed E-state index contributed by atoms with van der Waals surface area (Å²) >= 11 is 0. The van der Waals surface area contributed by atoms with E-state index < -0.39 is 27.9 Å². The second-order valence-corrected chi connectivity index (χ2v) is 19.8. The molecule has 0 heterocycles. The summed E-state index contributed by atoms with van der Waals surface area (Å²) in [5, 5.41) is 13.9. The van der Waals surface area contributed by atoms with Crippen molar-refractivity contribution < 1.29 is 19.1 Å². The molecule has 2 rings (SSSR count). The van der Waals surface area contributed by atoms with E-state index in [-0.39, 0.29) is 11.6 Å². The highest BCUT2D eigenvalue weighted by atomic mass is 28.3. The summed E-state index contributed by atoms with van der Waals surface area (Å²) in [5.41, 5.74) is 1.49. The number of rotatable bonds is 6. The van der Waals surface area contributed by atoms with Crippen LogP contribution in [-0.2, 0) is 4.79 Å². The summed E-state index contributed by atoms with van der Waals surface area (Å²) in [6, 6.07) is 10.4. The fourth-order valence-corrected chi connectivity index (χ4v) is 5.45. The number of carboxylic acid groups (broad SMARTS) is 1. The number of hydrogen-bond donors (Lipinski definition) is 2. The molecule has 0 bridgehead atoms. The lowest BCUT2D eigenvalue weighted by atomic mass is 10.1. The maximum atomic E-state index is 14.6. The Morgan fingerprint density at radius 2 is 1.43 bits per heavy atom. The maximum absolute atomic E-state index is 14.6. The molecule has 30 heavy (non-hydrogen) atoms. The number of aliphatic carboxylic acids is 1. The predicted octanol–water partition coefficient (Wildman–Crippen LogP) is 4.66. The van der Waals surface area contributed by atoms with Crippen LogP contribution in [0.15, 0.2) is 42.5 Å². The van der Waals surface area contributed by atoms with E-state index in [1.54, 1.807) is 13.0 Å². The van der Waals surface area contributed by atoms with Crippen molar-refractivity contribution in [2.24, 2.45) is 0 Å². The van der Waals surface area contributed by atoms with Gasteiger partial charge in [-0.3, -0.25) is 4.79 Å². The Morgan fingerprint density at radius 3 is 1.87 bits per heavy atom. The SMILES string of the molecule is C/C(=C\C(=O)O)c1ccc(NC(=O)c2cc([Si](C)(C)C)cc([Si](C)(C)C)c2)c(F)c1. The lowest BCUT2D eigenvalue weighted by molar-refractivity contribution is -0.131. The molecule has 0 unspecified atom stereocenters. The number of carbonyl (C=O) groups excluding carboxylic acids is 1. The van der Waals surface area contributed by atoms with Gasteiger partial charge in [-0.15, -0.1) is 0 Å². The molecule has 0 aliphatic carbocycles. The Bertz CT molecular complexity index is 986. The van der Waals surface area contributed by atoms with Crippen LogP contribution in [-0.4, -0.2) is 33.1 Å². The van der Waals surface area contributed by atoms with E-state index in [1.165, 1.54) is 22.5 Å². The van der Waals surface area contributed by atoms with Crippen LogP contribution in [0, 0.1) is 5.82 Å². The summed E-state index contributed by atoms with van der Waals surface area (Å²) in [4.78, 5) is 23.8. The zero-order chi connectivity index (χ0) is 22.9. The predicted molar refractivity (Wildman–Crippen MR) is 128 cm³/mol. The fraction of sp³-hybridized carbons (Fsp3) is 0.304. The minimum Gasteiger partial charge on any atom is -0.478 e. The Balaban J connectivity index is 2.39. The van der Waals surface area contributed by atoms with Gasteiger partial charge in [0, 0.05) is 11.6 Å². The van der Waals surface area contributed by atoms with Gasteiger partial charge >= 0.3 is 5.97 Å². The maximum Gasteiger partial charge on any atom is 0.328 e. The van der Waals surface area contributed by atoms with Crippen LogP contribution >= 0.6 is 0 Å². The number of halogens is 1. The van der Waals surface area contributed by atoms with Gasteiger partial charge in [0.2, 0.25) is 0 Å². The highest BCUT2D eigenvalue weighted by Gasteiger charge is 2.24. The topological polar surface area (TPSA) is 66.4 Å². The van der Waals surface area contributed by atoms with Gasteiger partial charge in [0.05, 0.1) is 21.8 Å². The van der Waals surface area contributed by atoms with Crippen molar-refractivity contribution in [3.8, 4) is 0 Å². The van der Waals surface area contributed by atoms with Crippen molar-refractivity contribution in [3.63, 3.8) is 0 Å². The number of hydrogen-bond acceptors (Lipinski definition) is 2. The number of nitrogens with one attached hydrogen (secondary N) is 1. The number of allylic oxidation sites excluding steroid dienone is 1. The molecule has 160 valence electrons. The van der Waals surface area contributed by atoms with Crippen molar-refractivity contribution in [2.75, 3.05) is 5.32 Å². The molecule has 0 fully saturated rings. The van der Waals surface area contributed by atoms with Crippen LogP contribution in [0.5, 0.6) is 0 Å². The molecule has 0 spiro atoms. The number of anilines is 1. The van der Waals surface area contributed by atoms with Gasteiger partial charge in [-0.1, -0.05) is 73.9 Å². The van der Waals surface area contributed by atoms with Crippen molar-refractivity contribution in [1.82, 2.24) is 0 Å². The normalized spacial score (nSPS) is 12.6. The molecule has 2 N–H and O–H groups in total. The monoisotopic (exact) mass is 443 g/mol. The minimum absolute atomic E-state index is 0.0693. The number of carboxylic acids is 1. The van der Waals surface area contributed by atoms with Gasteiger partial charge in [0.25, 0.3) is 5.91 Å². The first-order valence-corrected chi connectivity index (χ1v) is 16.9. The minimum atomic E-state index is -1.64. The third kappa shape index (κ3) is 5.99. The number of carbonyl (C=O) groups is 2. The van der Waals surface area contributed by atoms with Crippen molar-refractivity contribution in [2.45, 2.75) is 46.2 Å². The van der Waals surface area contributed by atoms with Gasteiger partial charge < -0.3 is 10.4 Å². The first-order chi connectivity index (χ1) is 13.7. The van der Waals surface area contributed by atoms with Gasteiger partial charge in [-0.2, -0.15) is 0 Å². The lowest BCUT2D eigenvalue weighted by Crippen LogP contribution is -2.46. The lowest BCUT2D eigenvalue weighted by Gasteiger charge is -2.24. The zero-order valence-electron chi connectivity index (χ0n) is 18.7. The first-order valence-electron chi connectivity index (χ1n) is 9.87. The van der Waals surface area contributed by atoms with Gasteiger partial charge in [-0.25, -0.2) is 9.18 Å². The molecule has 1 amide bonds. The molecule has 2 aromatic rings. The Morgan fingerprint density at radius 1 is 0.900 bits per heavy atom. The summed E-state index contributed by atoms with van der Waals surface area (Å²) < 4.78 is 14.6. The fourth-order valence-electron chi connectivity index (χ4n) is 2.95. The smallest absolute Gasteiger partial charge is 0.328 e. The summed E-state index contributed by atoms with van der Waals surface area (Å²) in [7, 11) is -3.29. The molecule has 0 saturated carbocycles. The molecule has 0 saturated heterocycles. The molecular formula is C23H30FNO3Si2. The van der Waals surface area contributed by atoms with Crippen molar-refractivity contribution >= 4 is 49.7 Å². The van der Waals surface area contributed by atoms with Crippen molar-refractivity contribution in [3.05, 3.63) is 59.4 Å². The molecule has 0 aliphatic heterocycles. The first kappa shape index (κ1) is 23.8. The second kappa shape index (κ2) is 8.69. The molecule has 0 radical (unpaired) electrons. The van der Waals surface area contributed by atoms with E-state index in [9.17, 15) is 14.0 Å². The summed E-state index contributed by atoms with van der Waals surface area (Å²) in [5.74, 6) is -2.05. The largest absolute Gasteiger partial charge is 0.478 e. The standard InChI is InChI=1S/C23H30FNO3Si2/c1-15(10-22(26)27)16-8-9-21(20(24)13-16)25-23(28)17-11-18(29(2,3)4)14-19(12-17)30(5,6)7/h8-14H,1-7H3,(H,25,28)(H,26,27)/b15-10+. The van der Waals surface area contributed by atoms with Crippen LogP contribution in [0.3, 0.4) is 0 Å². The van der Waals surface area contributed by atoms with Gasteiger partial charge in [0.15, 0.2) is 0 Å². The van der Waals surface area contributed by atoms with Crippen LogP contribution < -0.4 is 15.7 Å². The highest BCUT2D eigenvalue weighted by molar-refractivity contribution is 6.91. The van der Waals surface area contributed by atoms with Crippen LogP contribution in [0.2, 0.25) is 39.3 Å². The van der Waals surface area contributed by atoms with E-state index >= 15 is 0 Å². The molecule has 7 heteroatoms. The molecule has 2 aromatic carbocycles. The molecular weight excluding hydrogens is 413 g/mol. The molecule has 0 aromatic heterocycles. The average Bonchev–Trinajstić information content (AvgIpc) is 2.60. The third-order valence-corrected chi connectivity index (χ3v) is 8.98. The Hall–Kier alpha value is -2.52.